The van der Waals surface area contributed by atoms with Gasteiger partial charge in [-0.3, -0.25) is 9.89 Å². The zero-order chi connectivity index (χ0) is 19.8. The van der Waals surface area contributed by atoms with Crippen LogP contribution >= 0.6 is 0 Å². The molecule has 0 bridgehead atoms. The maximum Gasteiger partial charge on any atom is 0.321 e. The average Bonchev–Trinajstić information content (AvgIpc) is 3.31. The fourth-order valence-electron chi connectivity index (χ4n) is 4.26. The van der Waals surface area contributed by atoms with Crippen LogP contribution in [0.2, 0.25) is 0 Å². The number of benzene rings is 1. The van der Waals surface area contributed by atoms with Crippen LogP contribution in [0.1, 0.15) is 62.0 Å². The maximum absolute atomic E-state index is 12.9. The van der Waals surface area contributed by atoms with Gasteiger partial charge in [-0.05, 0) is 50.3 Å². The molecular formula is C21H26N6O2. The average molecular weight is 394 g/mol. The van der Waals surface area contributed by atoms with E-state index in [2.05, 4.69) is 20.5 Å². The lowest BCUT2D eigenvalue weighted by molar-refractivity contribution is -0.117. The van der Waals surface area contributed by atoms with Gasteiger partial charge in [0.15, 0.2) is 5.82 Å². The van der Waals surface area contributed by atoms with Crippen molar-refractivity contribution in [3.63, 3.8) is 0 Å². The summed E-state index contributed by atoms with van der Waals surface area (Å²) in [5, 5.41) is 10.5. The number of anilines is 2. The van der Waals surface area contributed by atoms with Crippen LogP contribution < -0.4 is 10.2 Å². The van der Waals surface area contributed by atoms with Crippen molar-refractivity contribution in [3.05, 3.63) is 35.9 Å². The fourth-order valence-corrected chi connectivity index (χ4v) is 4.26. The van der Waals surface area contributed by atoms with Crippen LogP contribution in [-0.4, -0.2) is 51.7 Å². The molecule has 0 radical (unpaired) electrons. The number of carbonyl (C=O) groups is 2. The van der Waals surface area contributed by atoms with E-state index in [1.807, 2.05) is 29.2 Å². The Bertz CT molecular complexity index is 921. The van der Waals surface area contributed by atoms with Gasteiger partial charge in [-0.2, -0.15) is 5.10 Å². The minimum atomic E-state index is -0.113. The number of rotatable bonds is 4. The van der Waals surface area contributed by atoms with Crippen LogP contribution in [0.25, 0.3) is 0 Å². The van der Waals surface area contributed by atoms with Crippen molar-refractivity contribution in [2.45, 2.75) is 50.4 Å². The number of aromatic nitrogens is 3. The molecule has 1 saturated carbocycles. The first-order valence-corrected chi connectivity index (χ1v) is 10.6. The van der Waals surface area contributed by atoms with Crippen molar-refractivity contribution in [1.82, 2.24) is 20.1 Å². The van der Waals surface area contributed by atoms with E-state index in [0.717, 1.165) is 49.7 Å². The third kappa shape index (κ3) is 3.83. The number of aromatic amines is 1. The normalized spacial score (nSPS) is 22.2. The number of hydrogen-bond acceptors (Lipinski definition) is 4. The van der Waals surface area contributed by atoms with Gasteiger partial charge in [-0.1, -0.05) is 6.07 Å². The van der Waals surface area contributed by atoms with E-state index in [1.54, 1.807) is 4.90 Å². The molecule has 0 unspecified atom stereocenters. The summed E-state index contributed by atoms with van der Waals surface area (Å²) in [4.78, 5) is 33.1. The Morgan fingerprint density at radius 2 is 2.03 bits per heavy atom. The molecule has 29 heavy (non-hydrogen) atoms. The van der Waals surface area contributed by atoms with Crippen molar-refractivity contribution >= 4 is 23.3 Å². The summed E-state index contributed by atoms with van der Waals surface area (Å²) in [6.07, 6.45) is 5.79. The van der Waals surface area contributed by atoms with E-state index >= 15 is 0 Å². The highest BCUT2D eigenvalue weighted by Gasteiger charge is 2.31. The zero-order valence-corrected chi connectivity index (χ0v) is 16.4. The van der Waals surface area contributed by atoms with E-state index in [-0.39, 0.29) is 17.9 Å². The predicted molar refractivity (Wildman–Crippen MR) is 109 cm³/mol. The molecule has 2 N–H and O–H groups in total. The molecule has 3 amide bonds. The lowest BCUT2D eigenvalue weighted by atomic mass is 9.97. The van der Waals surface area contributed by atoms with Gasteiger partial charge in [0.1, 0.15) is 5.82 Å². The fraction of sp³-hybridized carbons (Fsp3) is 0.524. The van der Waals surface area contributed by atoms with Crippen molar-refractivity contribution in [2.75, 3.05) is 29.9 Å². The van der Waals surface area contributed by atoms with Gasteiger partial charge in [0, 0.05) is 49.3 Å². The molecule has 5 rings (SSSR count). The molecule has 3 heterocycles. The SMILES string of the molecule is O=C(Nc1cccc(N2CCCC2=O)c1)N1CCC[C@@H](c2n[nH]c(C3CC3)n2)C1. The number of urea groups is 1. The number of nitrogens with zero attached hydrogens (tertiary/aromatic N) is 4. The Kier molecular flexibility index (Phi) is 4.69. The molecule has 0 spiro atoms. The quantitative estimate of drug-likeness (QED) is 0.832. The molecule has 3 fully saturated rings. The van der Waals surface area contributed by atoms with Gasteiger partial charge in [0.25, 0.3) is 0 Å². The molecule has 2 aromatic rings. The molecule has 1 atom stereocenters. The summed E-state index contributed by atoms with van der Waals surface area (Å²) < 4.78 is 0. The van der Waals surface area contributed by atoms with Crippen LogP contribution in [0.4, 0.5) is 16.2 Å². The summed E-state index contributed by atoms with van der Waals surface area (Å²) in [6, 6.07) is 7.41. The van der Waals surface area contributed by atoms with Gasteiger partial charge in [-0.25, -0.2) is 9.78 Å². The number of amides is 3. The summed E-state index contributed by atoms with van der Waals surface area (Å²) in [5.41, 5.74) is 1.55. The Morgan fingerprint density at radius 1 is 1.14 bits per heavy atom. The smallest absolute Gasteiger partial charge is 0.321 e. The molecule has 1 aromatic carbocycles. The highest BCUT2D eigenvalue weighted by atomic mass is 16.2. The monoisotopic (exact) mass is 394 g/mol. The topological polar surface area (TPSA) is 94.2 Å². The Morgan fingerprint density at radius 3 is 2.83 bits per heavy atom. The lowest BCUT2D eigenvalue weighted by Gasteiger charge is -2.31. The standard InChI is InChI=1S/C21H26N6O2/c28-18-7-3-11-27(18)17-6-1-5-16(12-17)22-21(29)26-10-2-4-15(13-26)20-23-19(24-25-20)14-8-9-14/h1,5-6,12,14-15H,2-4,7-11,13H2,(H,22,29)(H,23,24,25)/t15-/m1/s1. The summed E-state index contributed by atoms with van der Waals surface area (Å²) >= 11 is 0. The summed E-state index contributed by atoms with van der Waals surface area (Å²) in [7, 11) is 0. The zero-order valence-electron chi connectivity index (χ0n) is 16.4. The van der Waals surface area contributed by atoms with Gasteiger partial charge >= 0.3 is 6.03 Å². The predicted octanol–water partition coefficient (Wildman–Crippen LogP) is 3.22. The second kappa shape index (κ2) is 7.50. The Hall–Kier alpha value is -2.90. The van der Waals surface area contributed by atoms with Crippen LogP contribution in [-0.2, 0) is 4.79 Å². The van der Waals surface area contributed by atoms with Crippen molar-refractivity contribution in [3.8, 4) is 0 Å². The number of piperidine rings is 1. The Balaban J connectivity index is 1.24. The maximum atomic E-state index is 12.9. The van der Waals surface area contributed by atoms with Gasteiger partial charge in [0.05, 0.1) is 0 Å². The highest BCUT2D eigenvalue weighted by molar-refractivity contribution is 5.96. The van der Waals surface area contributed by atoms with Gasteiger partial charge in [0.2, 0.25) is 5.91 Å². The third-order valence-corrected chi connectivity index (χ3v) is 6.04. The largest absolute Gasteiger partial charge is 0.324 e. The first-order valence-electron chi connectivity index (χ1n) is 10.6. The van der Waals surface area contributed by atoms with Crippen LogP contribution in [0.3, 0.4) is 0 Å². The van der Waals surface area contributed by atoms with Crippen LogP contribution in [0.15, 0.2) is 24.3 Å². The van der Waals surface area contributed by atoms with Crippen LogP contribution in [0.5, 0.6) is 0 Å². The lowest BCUT2D eigenvalue weighted by Crippen LogP contribution is -2.41. The van der Waals surface area contributed by atoms with E-state index in [1.165, 1.54) is 12.8 Å². The van der Waals surface area contributed by atoms with E-state index < -0.39 is 0 Å². The molecule has 2 aliphatic heterocycles. The van der Waals surface area contributed by atoms with Crippen molar-refractivity contribution in [1.29, 1.82) is 0 Å². The first kappa shape index (κ1) is 18.1. The molecule has 152 valence electrons. The van der Waals surface area contributed by atoms with E-state index in [4.69, 9.17) is 0 Å². The number of likely N-dealkylation sites (tertiary alicyclic amines) is 1. The molecule has 1 aliphatic carbocycles. The number of H-pyrrole nitrogens is 1. The first-order chi connectivity index (χ1) is 14.2. The number of carbonyl (C=O) groups excluding carboxylic acids is 2. The summed E-state index contributed by atoms with van der Waals surface area (Å²) in [5.74, 6) is 2.69. The van der Waals surface area contributed by atoms with Gasteiger partial charge in [-0.15, -0.1) is 0 Å². The minimum Gasteiger partial charge on any atom is -0.324 e. The molecule has 2 saturated heterocycles. The molecule has 8 heteroatoms. The second-order valence-electron chi connectivity index (χ2n) is 8.27. The highest BCUT2D eigenvalue weighted by Crippen LogP contribution is 2.38. The number of hydrogen-bond donors (Lipinski definition) is 2. The van der Waals surface area contributed by atoms with Crippen molar-refractivity contribution < 1.29 is 9.59 Å². The Labute approximate surface area is 169 Å². The second-order valence-corrected chi connectivity index (χ2v) is 8.27. The number of nitrogens with one attached hydrogen (secondary N) is 2. The van der Waals surface area contributed by atoms with E-state index in [0.29, 0.717) is 24.6 Å². The minimum absolute atomic E-state index is 0.113. The molecule has 1 aromatic heterocycles. The molecule has 3 aliphatic rings. The molecule has 8 nitrogen and oxygen atoms in total. The van der Waals surface area contributed by atoms with Gasteiger partial charge < -0.3 is 15.1 Å². The van der Waals surface area contributed by atoms with Crippen molar-refractivity contribution in [2.24, 2.45) is 0 Å². The third-order valence-electron chi connectivity index (χ3n) is 6.04. The van der Waals surface area contributed by atoms with Crippen LogP contribution in [0, 0.1) is 0 Å². The van der Waals surface area contributed by atoms with E-state index in [9.17, 15) is 9.59 Å². The molecular weight excluding hydrogens is 368 g/mol. The summed E-state index contributed by atoms with van der Waals surface area (Å²) in [6.45, 7) is 2.09.